The van der Waals surface area contributed by atoms with Crippen molar-refractivity contribution in [1.29, 1.82) is 10.5 Å². The van der Waals surface area contributed by atoms with Crippen molar-refractivity contribution in [3.05, 3.63) is 63.8 Å². The van der Waals surface area contributed by atoms with Crippen LogP contribution < -0.4 is 4.74 Å². The summed E-state index contributed by atoms with van der Waals surface area (Å²) in [6.07, 6.45) is -2.02. The maximum Gasteiger partial charge on any atom is 0.573 e. The third-order valence-corrected chi connectivity index (χ3v) is 4.21. The van der Waals surface area contributed by atoms with Crippen LogP contribution in [0.4, 0.5) is 13.2 Å². The summed E-state index contributed by atoms with van der Waals surface area (Å²) in [5.41, 5.74) is 1.55. The van der Waals surface area contributed by atoms with Gasteiger partial charge in [0, 0.05) is 32.7 Å². The molecule has 2 aromatic carbocycles. The van der Waals surface area contributed by atoms with Crippen LogP contribution in [-0.4, -0.2) is 11.3 Å². The van der Waals surface area contributed by atoms with Crippen LogP contribution in [0.15, 0.2) is 47.1 Å². The number of fused-ring (bicyclic) bond motifs is 1. The minimum absolute atomic E-state index is 0.0210. The number of aromatic nitrogens is 1. The first-order valence-electron chi connectivity index (χ1n) is 7.49. The normalized spacial score (nSPS) is 11.9. The van der Waals surface area contributed by atoms with Gasteiger partial charge in [-0.05, 0) is 42.5 Å². The van der Waals surface area contributed by atoms with E-state index in [0.717, 1.165) is 21.4 Å². The Morgan fingerprint density at radius 3 is 2.59 bits per heavy atom. The summed E-state index contributed by atoms with van der Waals surface area (Å²) in [6, 6.07) is 12.8. The minimum Gasteiger partial charge on any atom is -0.405 e. The number of nitrogens with one attached hydrogen (secondary N) is 1. The number of benzene rings is 2. The number of hydrogen-bond donors (Lipinski definition) is 1. The molecule has 3 aromatic rings. The number of H-pyrrole nitrogens is 1. The van der Waals surface area contributed by atoms with Gasteiger partial charge in [-0.15, -0.1) is 13.2 Å². The quantitative estimate of drug-likeness (QED) is 0.535. The molecule has 0 spiro atoms. The predicted molar refractivity (Wildman–Crippen MR) is 97.3 cm³/mol. The van der Waals surface area contributed by atoms with E-state index in [9.17, 15) is 18.4 Å². The molecule has 0 aliphatic carbocycles. The van der Waals surface area contributed by atoms with Crippen molar-refractivity contribution < 1.29 is 17.9 Å². The van der Waals surface area contributed by atoms with Crippen molar-refractivity contribution in [1.82, 2.24) is 4.98 Å². The number of nitriles is 2. The summed E-state index contributed by atoms with van der Waals surface area (Å²) < 4.78 is 42.8. The van der Waals surface area contributed by atoms with Crippen LogP contribution in [0.25, 0.3) is 22.6 Å². The fourth-order valence-corrected chi connectivity index (χ4v) is 2.95. The lowest BCUT2D eigenvalue weighted by Gasteiger charge is -2.12. The van der Waals surface area contributed by atoms with Crippen LogP contribution in [0, 0.1) is 22.7 Å². The Kier molecular flexibility index (Phi) is 4.93. The van der Waals surface area contributed by atoms with Crippen molar-refractivity contribution in [2.45, 2.75) is 6.36 Å². The zero-order valence-corrected chi connectivity index (χ0v) is 15.0. The molecule has 8 heteroatoms. The van der Waals surface area contributed by atoms with Gasteiger partial charge in [-0.2, -0.15) is 10.5 Å². The maximum atomic E-state index is 12.7. The van der Waals surface area contributed by atoms with Crippen molar-refractivity contribution in [2.75, 3.05) is 0 Å². The molecular weight excluding hydrogens is 423 g/mol. The van der Waals surface area contributed by atoms with Gasteiger partial charge in [0.1, 0.15) is 5.75 Å². The van der Waals surface area contributed by atoms with Gasteiger partial charge in [0.25, 0.3) is 0 Å². The summed E-state index contributed by atoms with van der Waals surface area (Å²) in [4.78, 5) is 3.01. The van der Waals surface area contributed by atoms with Gasteiger partial charge in [0.05, 0.1) is 23.3 Å². The molecular formula is C19H9BrF3N3O. The molecule has 1 N–H and O–H groups in total. The Morgan fingerprint density at radius 2 is 1.93 bits per heavy atom. The number of nitrogens with zero attached hydrogens (tertiary/aromatic N) is 2. The number of rotatable bonds is 3. The van der Waals surface area contributed by atoms with E-state index < -0.39 is 12.1 Å². The number of allylic oxidation sites excluding steroid dienone is 1. The van der Waals surface area contributed by atoms with E-state index in [2.05, 4.69) is 25.7 Å². The Morgan fingerprint density at radius 1 is 1.15 bits per heavy atom. The Balaban J connectivity index is 2.17. The van der Waals surface area contributed by atoms with Gasteiger partial charge in [-0.1, -0.05) is 15.9 Å². The molecule has 0 unspecified atom stereocenters. The monoisotopic (exact) mass is 431 g/mol. The number of halogens is 4. The molecule has 0 bridgehead atoms. The van der Waals surface area contributed by atoms with E-state index >= 15 is 0 Å². The predicted octanol–water partition coefficient (Wildman–Crippen LogP) is 5.76. The van der Waals surface area contributed by atoms with Crippen LogP contribution in [0.2, 0.25) is 0 Å². The fraction of sp³-hybridized carbons (Fsp3) is 0.0526. The number of hydrogen-bond acceptors (Lipinski definition) is 3. The zero-order chi connectivity index (χ0) is 19.6. The van der Waals surface area contributed by atoms with Gasteiger partial charge in [0.2, 0.25) is 0 Å². The molecule has 3 rings (SSSR count). The Bertz CT molecular complexity index is 1130. The first kappa shape index (κ1) is 18.6. The highest BCUT2D eigenvalue weighted by Crippen LogP contribution is 2.33. The van der Waals surface area contributed by atoms with Crippen molar-refractivity contribution in [3.8, 4) is 17.9 Å². The minimum atomic E-state index is -4.89. The number of ether oxygens (including phenoxy) is 1. The van der Waals surface area contributed by atoms with Crippen LogP contribution in [0.1, 0.15) is 16.7 Å². The molecule has 0 atom stereocenters. The molecule has 4 nitrogen and oxygen atoms in total. The van der Waals surface area contributed by atoms with E-state index in [1.54, 1.807) is 12.3 Å². The van der Waals surface area contributed by atoms with Gasteiger partial charge in [-0.25, -0.2) is 0 Å². The highest BCUT2D eigenvalue weighted by Gasteiger charge is 2.32. The van der Waals surface area contributed by atoms with Gasteiger partial charge in [-0.3, -0.25) is 0 Å². The second kappa shape index (κ2) is 7.18. The summed E-state index contributed by atoms with van der Waals surface area (Å²) >= 11 is 3.36. The topological polar surface area (TPSA) is 72.6 Å². The van der Waals surface area contributed by atoms with Gasteiger partial charge >= 0.3 is 6.36 Å². The molecule has 1 heterocycles. The molecule has 0 fully saturated rings. The first-order valence-corrected chi connectivity index (χ1v) is 8.29. The van der Waals surface area contributed by atoms with Gasteiger partial charge < -0.3 is 9.72 Å². The van der Waals surface area contributed by atoms with Crippen molar-refractivity contribution in [2.24, 2.45) is 0 Å². The van der Waals surface area contributed by atoms with E-state index in [-0.39, 0.29) is 16.7 Å². The van der Waals surface area contributed by atoms with Gasteiger partial charge in [0.15, 0.2) is 0 Å². The third kappa shape index (κ3) is 4.13. The average molecular weight is 432 g/mol. The summed E-state index contributed by atoms with van der Waals surface area (Å²) in [5.74, 6) is -0.490. The fourth-order valence-electron chi connectivity index (χ4n) is 2.59. The highest BCUT2D eigenvalue weighted by molar-refractivity contribution is 9.10. The van der Waals surface area contributed by atoms with Crippen LogP contribution >= 0.6 is 15.9 Å². The Hall–Kier alpha value is -3.23. The maximum absolute atomic E-state index is 12.7. The average Bonchev–Trinajstić information content (AvgIpc) is 3.02. The third-order valence-electron chi connectivity index (χ3n) is 3.72. The molecule has 0 saturated carbocycles. The Labute approximate surface area is 160 Å². The lowest BCUT2D eigenvalue weighted by Crippen LogP contribution is -2.17. The summed E-state index contributed by atoms with van der Waals surface area (Å²) in [5, 5.41) is 19.3. The smallest absolute Gasteiger partial charge is 0.405 e. The van der Waals surface area contributed by atoms with Crippen LogP contribution in [-0.2, 0) is 0 Å². The molecule has 0 saturated heterocycles. The van der Waals surface area contributed by atoms with Crippen LogP contribution in [0.3, 0.4) is 0 Å². The number of alkyl halides is 3. The molecule has 0 radical (unpaired) electrons. The summed E-state index contributed by atoms with van der Waals surface area (Å²) in [6.45, 7) is 0. The largest absolute Gasteiger partial charge is 0.573 e. The SMILES string of the molecule is N#CC(=Cc1cc(C#N)ccc1OC(F)(F)F)c1c[nH]c2ccc(Br)cc12. The molecule has 1 aromatic heterocycles. The molecule has 27 heavy (non-hydrogen) atoms. The van der Waals surface area contributed by atoms with E-state index in [0.29, 0.717) is 5.56 Å². The van der Waals surface area contributed by atoms with E-state index in [1.807, 2.05) is 24.3 Å². The zero-order valence-electron chi connectivity index (χ0n) is 13.4. The van der Waals surface area contributed by atoms with Crippen molar-refractivity contribution >= 4 is 38.5 Å². The number of aromatic amines is 1. The van der Waals surface area contributed by atoms with E-state index in [4.69, 9.17) is 5.26 Å². The lowest BCUT2D eigenvalue weighted by atomic mass is 10.0. The highest BCUT2D eigenvalue weighted by atomic mass is 79.9. The van der Waals surface area contributed by atoms with E-state index in [1.165, 1.54) is 18.2 Å². The molecule has 0 aliphatic rings. The molecule has 0 aliphatic heterocycles. The molecule has 134 valence electrons. The van der Waals surface area contributed by atoms with Crippen molar-refractivity contribution in [3.63, 3.8) is 0 Å². The summed E-state index contributed by atoms with van der Waals surface area (Å²) in [7, 11) is 0. The standard InChI is InChI=1S/C19H9BrF3N3O/c20-14-2-3-17-15(7-14)16(10-26-17)13(9-25)6-12-5-11(8-24)1-4-18(12)27-19(21,22)23/h1-7,10,26H. The second-order valence-electron chi connectivity index (χ2n) is 5.47. The first-order chi connectivity index (χ1) is 12.8. The van der Waals surface area contributed by atoms with Crippen LogP contribution in [0.5, 0.6) is 5.75 Å². The second-order valence-corrected chi connectivity index (χ2v) is 6.39. The lowest BCUT2D eigenvalue weighted by molar-refractivity contribution is -0.274. The molecule has 0 amide bonds.